The van der Waals surface area contributed by atoms with E-state index in [-0.39, 0.29) is 17.9 Å². The highest BCUT2D eigenvalue weighted by molar-refractivity contribution is 5.71. The van der Waals surface area contributed by atoms with Gasteiger partial charge in [0, 0.05) is 29.0 Å². The van der Waals surface area contributed by atoms with Gasteiger partial charge in [-0.2, -0.15) is 5.26 Å². The molecule has 2 aromatic carbocycles. The second kappa shape index (κ2) is 8.27. The van der Waals surface area contributed by atoms with Gasteiger partial charge in [-0.25, -0.2) is 0 Å². The van der Waals surface area contributed by atoms with Crippen LogP contribution in [0.15, 0.2) is 53.3 Å². The third-order valence-corrected chi connectivity index (χ3v) is 4.31. The van der Waals surface area contributed by atoms with Crippen molar-refractivity contribution < 1.29 is 14.4 Å². The van der Waals surface area contributed by atoms with Gasteiger partial charge in [-0.15, -0.1) is 0 Å². The van der Waals surface area contributed by atoms with Crippen molar-refractivity contribution in [1.82, 2.24) is 4.98 Å². The van der Waals surface area contributed by atoms with Crippen LogP contribution in [0.4, 0.5) is 5.69 Å². The number of ether oxygens (including phenoxy) is 2. The second-order valence-electron chi connectivity index (χ2n) is 6.25. The lowest BCUT2D eigenvalue weighted by atomic mass is 9.99. The highest BCUT2D eigenvalue weighted by atomic mass is 16.6. The molecule has 0 bridgehead atoms. The number of rotatable bonds is 6. The first-order chi connectivity index (χ1) is 13.9. The van der Waals surface area contributed by atoms with Gasteiger partial charge in [-0.05, 0) is 42.8 Å². The van der Waals surface area contributed by atoms with E-state index in [2.05, 4.69) is 4.98 Å². The van der Waals surface area contributed by atoms with Crippen LogP contribution in [0, 0.1) is 28.4 Å². The van der Waals surface area contributed by atoms with Gasteiger partial charge in [-0.3, -0.25) is 14.9 Å². The lowest BCUT2D eigenvalue weighted by Gasteiger charge is -2.13. The number of methoxy groups -OCH3 is 1. The van der Waals surface area contributed by atoms with Gasteiger partial charge in [0.15, 0.2) is 0 Å². The summed E-state index contributed by atoms with van der Waals surface area (Å²) in [5.41, 5.74) is 2.11. The summed E-state index contributed by atoms with van der Waals surface area (Å²) in [6, 6.07) is 14.7. The summed E-state index contributed by atoms with van der Waals surface area (Å²) in [6.45, 7) is 1.88. The van der Waals surface area contributed by atoms with Crippen LogP contribution in [0.2, 0.25) is 0 Å². The molecule has 8 heteroatoms. The van der Waals surface area contributed by atoms with E-state index in [1.54, 1.807) is 31.2 Å². The number of hydrogen-bond donors (Lipinski definition) is 1. The number of aryl methyl sites for hydroxylation is 1. The smallest absolute Gasteiger partial charge is 0.269 e. The number of nitrogens with zero attached hydrogens (tertiary/aromatic N) is 2. The fraction of sp³-hybridized carbons (Fsp3) is 0.143. The zero-order valence-corrected chi connectivity index (χ0v) is 15.8. The Morgan fingerprint density at radius 1 is 1.17 bits per heavy atom. The average molecular weight is 391 g/mol. The van der Waals surface area contributed by atoms with E-state index < -0.39 is 10.5 Å². The van der Waals surface area contributed by atoms with Crippen LogP contribution in [0.1, 0.15) is 16.8 Å². The number of nitro benzene ring substituents is 1. The van der Waals surface area contributed by atoms with E-state index in [0.29, 0.717) is 33.9 Å². The maximum Gasteiger partial charge on any atom is 0.269 e. The Morgan fingerprint density at radius 3 is 2.52 bits per heavy atom. The summed E-state index contributed by atoms with van der Waals surface area (Å²) in [5.74, 6) is 1.04. The molecule has 1 N–H and O–H groups in total. The van der Waals surface area contributed by atoms with Gasteiger partial charge >= 0.3 is 0 Å². The number of nitrogens with one attached hydrogen (secondary N) is 1. The number of pyridine rings is 1. The molecule has 146 valence electrons. The first-order valence-corrected chi connectivity index (χ1v) is 8.61. The summed E-state index contributed by atoms with van der Waals surface area (Å²) >= 11 is 0. The Balaban J connectivity index is 1.93. The van der Waals surface area contributed by atoms with Crippen molar-refractivity contribution in [3.8, 4) is 28.7 Å². The van der Waals surface area contributed by atoms with Crippen LogP contribution in [0.25, 0.3) is 11.1 Å². The van der Waals surface area contributed by atoms with Crippen LogP contribution in [-0.2, 0) is 6.61 Å². The second-order valence-corrected chi connectivity index (χ2v) is 6.25. The maximum absolute atomic E-state index is 12.1. The first-order valence-electron chi connectivity index (χ1n) is 8.61. The van der Waals surface area contributed by atoms with E-state index in [1.807, 2.05) is 6.07 Å². The quantitative estimate of drug-likeness (QED) is 0.505. The summed E-state index contributed by atoms with van der Waals surface area (Å²) in [6.07, 6.45) is 0. The van der Waals surface area contributed by atoms with Crippen molar-refractivity contribution in [2.24, 2.45) is 0 Å². The van der Waals surface area contributed by atoms with Gasteiger partial charge in [0.2, 0.25) is 0 Å². The van der Waals surface area contributed by atoms with Gasteiger partial charge in [0.25, 0.3) is 11.2 Å². The van der Waals surface area contributed by atoms with Crippen molar-refractivity contribution in [3.05, 3.63) is 85.8 Å². The van der Waals surface area contributed by atoms with Crippen LogP contribution >= 0.6 is 0 Å². The molecule has 0 unspecified atom stereocenters. The Bertz CT molecular complexity index is 1160. The predicted octanol–water partition coefficient (Wildman–Crippen LogP) is 3.72. The number of aromatic nitrogens is 1. The molecule has 1 aromatic heterocycles. The maximum atomic E-state index is 12.1. The largest absolute Gasteiger partial charge is 0.496 e. The summed E-state index contributed by atoms with van der Waals surface area (Å²) in [5, 5.41) is 20.1. The third kappa shape index (κ3) is 4.25. The van der Waals surface area contributed by atoms with E-state index in [0.717, 1.165) is 0 Å². The third-order valence-electron chi connectivity index (χ3n) is 4.31. The summed E-state index contributed by atoms with van der Waals surface area (Å²) < 4.78 is 11.1. The molecule has 0 aliphatic rings. The number of non-ortho nitro benzene ring substituents is 1. The number of hydrogen-bond acceptors (Lipinski definition) is 6. The molecule has 3 aromatic rings. The number of nitro groups is 1. The zero-order chi connectivity index (χ0) is 21.0. The van der Waals surface area contributed by atoms with Crippen LogP contribution in [0.3, 0.4) is 0 Å². The molecule has 0 saturated carbocycles. The minimum Gasteiger partial charge on any atom is -0.496 e. The minimum atomic E-state index is -0.480. The van der Waals surface area contributed by atoms with Gasteiger partial charge < -0.3 is 14.5 Å². The number of H-pyrrole nitrogens is 1. The minimum absolute atomic E-state index is 0.0226. The zero-order valence-electron chi connectivity index (χ0n) is 15.8. The lowest BCUT2D eigenvalue weighted by Crippen LogP contribution is -2.12. The van der Waals surface area contributed by atoms with Crippen molar-refractivity contribution >= 4 is 5.69 Å². The molecule has 0 atom stereocenters. The fourth-order valence-electron chi connectivity index (χ4n) is 2.91. The number of benzene rings is 2. The van der Waals surface area contributed by atoms with Crippen LogP contribution in [0.5, 0.6) is 11.5 Å². The van der Waals surface area contributed by atoms with Crippen molar-refractivity contribution in [3.63, 3.8) is 0 Å². The molecular formula is C21H17N3O5. The SMILES string of the molecule is COc1ccc(-c2cc(C)[nH]c(=O)c2C#N)cc1COc1ccc([N+](=O)[O-])cc1. The van der Waals surface area contributed by atoms with Crippen molar-refractivity contribution in [2.45, 2.75) is 13.5 Å². The molecular weight excluding hydrogens is 374 g/mol. The molecule has 29 heavy (non-hydrogen) atoms. The predicted molar refractivity (Wildman–Crippen MR) is 106 cm³/mol. The summed E-state index contributed by atoms with van der Waals surface area (Å²) in [7, 11) is 1.53. The Morgan fingerprint density at radius 2 is 1.90 bits per heavy atom. The molecule has 0 fully saturated rings. The van der Waals surface area contributed by atoms with Crippen LogP contribution < -0.4 is 15.0 Å². The van der Waals surface area contributed by atoms with E-state index in [4.69, 9.17) is 9.47 Å². The highest BCUT2D eigenvalue weighted by Gasteiger charge is 2.13. The van der Waals surface area contributed by atoms with Crippen LogP contribution in [-0.4, -0.2) is 17.0 Å². The average Bonchev–Trinajstić information content (AvgIpc) is 2.71. The Kier molecular flexibility index (Phi) is 5.60. The molecule has 0 aliphatic heterocycles. The topological polar surface area (TPSA) is 118 Å². The monoisotopic (exact) mass is 391 g/mol. The molecule has 3 rings (SSSR count). The molecule has 1 heterocycles. The van der Waals surface area contributed by atoms with Gasteiger partial charge in [0.1, 0.15) is 29.7 Å². The van der Waals surface area contributed by atoms with E-state index in [9.17, 15) is 20.2 Å². The Hall–Kier alpha value is -4.12. The number of nitriles is 1. The molecule has 8 nitrogen and oxygen atoms in total. The Labute approximate surface area is 166 Å². The van der Waals surface area contributed by atoms with E-state index >= 15 is 0 Å². The molecule has 0 saturated heterocycles. The summed E-state index contributed by atoms with van der Waals surface area (Å²) in [4.78, 5) is 25.0. The normalized spacial score (nSPS) is 10.2. The highest BCUT2D eigenvalue weighted by Crippen LogP contribution is 2.29. The fourth-order valence-corrected chi connectivity index (χ4v) is 2.91. The van der Waals surface area contributed by atoms with Gasteiger partial charge in [0.05, 0.1) is 12.0 Å². The first kappa shape index (κ1) is 19.6. The lowest BCUT2D eigenvalue weighted by molar-refractivity contribution is -0.384. The van der Waals surface area contributed by atoms with Crippen molar-refractivity contribution in [2.75, 3.05) is 7.11 Å². The molecule has 0 amide bonds. The number of aromatic amines is 1. The molecule has 0 spiro atoms. The van der Waals surface area contributed by atoms with Crippen molar-refractivity contribution in [1.29, 1.82) is 5.26 Å². The van der Waals surface area contributed by atoms with Gasteiger partial charge in [-0.1, -0.05) is 6.07 Å². The van der Waals surface area contributed by atoms with E-state index in [1.165, 1.54) is 31.4 Å². The molecule has 0 radical (unpaired) electrons. The standard InChI is InChI=1S/C21H17N3O5/c1-13-9-18(19(11-22)21(25)23-13)14-3-8-20(28-2)15(10-14)12-29-17-6-4-16(5-7-17)24(26)27/h3-10H,12H2,1-2H3,(H,23,25). The molecule has 0 aliphatic carbocycles.